The molecule has 2 aliphatic heterocycles. The molecule has 0 aliphatic carbocycles. The first kappa shape index (κ1) is 43.1. The molecule has 2 nitrogen and oxygen atoms in total. The lowest BCUT2D eigenvalue weighted by Gasteiger charge is -2.43. The molecule has 0 bridgehead atoms. The van der Waals surface area contributed by atoms with E-state index in [9.17, 15) is 0 Å². The van der Waals surface area contributed by atoms with Crippen LogP contribution in [-0.2, 0) is 10.8 Å². The quantitative estimate of drug-likeness (QED) is 0.162. The van der Waals surface area contributed by atoms with Crippen molar-refractivity contribution in [1.82, 2.24) is 0 Å². The Morgan fingerprint density at radius 1 is 0.391 bits per heavy atom. The van der Waals surface area contributed by atoms with Crippen molar-refractivity contribution in [3.05, 3.63) is 173 Å². The number of anilines is 6. The number of thiophene rings is 4. The van der Waals surface area contributed by atoms with Crippen molar-refractivity contribution >= 4 is 142 Å². The monoisotopic (exact) mass is 964 g/mol. The normalized spacial score (nSPS) is 13.6. The molecule has 0 N–H and O–H groups in total. The van der Waals surface area contributed by atoms with Crippen LogP contribution in [0.25, 0.3) is 61.2 Å². The molecule has 6 heterocycles. The summed E-state index contributed by atoms with van der Waals surface area (Å²) in [5.74, 6) is 0. The predicted octanol–water partition coefficient (Wildman–Crippen LogP) is 17.8. The van der Waals surface area contributed by atoms with E-state index in [4.69, 9.17) is 0 Å². The minimum Gasteiger partial charge on any atom is -0.302 e. The maximum Gasteiger partial charge on any atom is 0.256 e. The van der Waals surface area contributed by atoms with Crippen LogP contribution >= 0.6 is 45.3 Å². The third-order valence-electron chi connectivity index (χ3n) is 14.8. The summed E-state index contributed by atoms with van der Waals surface area (Å²) in [5.41, 5.74) is 19.8. The lowest BCUT2D eigenvalue weighted by molar-refractivity contribution is 0.591. The topological polar surface area (TPSA) is 6.48 Å². The van der Waals surface area contributed by atoms with Crippen molar-refractivity contribution in [1.29, 1.82) is 0 Å². The highest BCUT2D eigenvalue weighted by molar-refractivity contribution is 7.29. The van der Waals surface area contributed by atoms with Gasteiger partial charge in [0.2, 0.25) is 0 Å². The first-order valence-electron chi connectivity index (χ1n) is 24.2. The number of benzene rings is 7. The summed E-state index contributed by atoms with van der Waals surface area (Å²) in [5, 5.41) is 8.02. The number of hydrogen-bond donors (Lipinski definition) is 0. The standard InChI is InChI=1S/C62H53BN2S4/c1-34-26-40(52-30-38-16-11-13-20-48(38)66-52)27-35(2)57(34)64-46-18-15-19-47-56(46)63(54-44-32-42(61(5,6)7)22-24-50(44)68-59(54)64)55-45-33-43(62(8,9)10)23-25-51(45)69-60(55)65(47)58-36(3)28-41(29-37(58)4)53-31-39-17-12-14-21-49(39)67-53/h11-33H,1-10H3. The van der Waals surface area contributed by atoms with Crippen molar-refractivity contribution in [3.8, 4) is 20.9 Å². The Balaban J connectivity index is 1.10. The maximum atomic E-state index is 2.67. The van der Waals surface area contributed by atoms with Gasteiger partial charge in [-0.25, -0.2) is 0 Å². The Morgan fingerprint density at radius 3 is 1.19 bits per heavy atom. The summed E-state index contributed by atoms with van der Waals surface area (Å²) in [4.78, 5) is 7.98. The maximum absolute atomic E-state index is 2.67. The largest absolute Gasteiger partial charge is 0.302 e. The van der Waals surface area contributed by atoms with Crippen LogP contribution in [0.2, 0.25) is 0 Å². The molecular formula is C62H53BN2S4. The second kappa shape index (κ2) is 15.3. The van der Waals surface area contributed by atoms with Crippen LogP contribution in [0, 0.1) is 27.7 Å². The van der Waals surface area contributed by atoms with E-state index in [1.165, 1.54) is 144 Å². The molecular weight excluding hydrogens is 912 g/mol. The van der Waals surface area contributed by atoms with Crippen LogP contribution in [0.5, 0.6) is 0 Å². The summed E-state index contributed by atoms with van der Waals surface area (Å²) in [6.45, 7) is 23.5. The van der Waals surface area contributed by atoms with Crippen LogP contribution in [0.3, 0.4) is 0 Å². The van der Waals surface area contributed by atoms with Gasteiger partial charge in [-0.2, -0.15) is 0 Å². The van der Waals surface area contributed by atoms with Gasteiger partial charge >= 0.3 is 0 Å². The fourth-order valence-corrected chi connectivity index (χ4v) is 16.1. The molecule has 338 valence electrons. The lowest BCUT2D eigenvalue weighted by atomic mass is 9.33. The van der Waals surface area contributed by atoms with Crippen LogP contribution < -0.4 is 26.2 Å². The molecule has 7 heteroatoms. The Bertz CT molecular complexity index is 3590. The van der Waals surface area contributed by atoms with Crippen molar-refractivity contribution < 1.29 is 0 Å². The molecule has 4 aromatic heterocycles. The summed E-state index contributed by atoms with van der Waals surface area (Å²) in [6.07, 6.45) is 0. The first-order valence-corrected chi connectivity index (χ1v) is 27.4. The average molecular weight is 965 g/mol. The highest BCUT2D eigenvalue weighted by Crippen LogP contribution is 2.53. The van der Waals surface area contributed by atoms with Crippen LogP contribution in [0.15, 0.2) is 140 Å². The molecule has 11 aromatic rings. The van der Waals surface area contributed by atoms with Crippen LogP contribution in [0.1, 0.15) is 74.9 Å². The van der Waals surface area contributed by atoms with Gasteiger partial charge in [0, 0.05) is 39.9 Å². The third-order valence-corrected chi connectivity index (χ3v) is 19.5. The molecule has 0 atom stereocenters. The third kappa shape index (κ3) is 6.60. The van der Waals surface area contributed by atoms with E-state index in [1.54, 1.807) is 0 Å². The van der Waals surface area contributed by atoms with Crippen molar-refractivity contribution in [2.45, 2.75) is 80.1 Å². The summed E-state index contributed by atoms with van der Waals surface area (Å²) < 4.78 is 5.34. The molecule has 0 unspecified atom stereocenters. The van der Waals surface area contributed by atoms with E-state index < -0.39 is 0 Å². The van der Waals surface area contributed by atoms with Crippen LogP contribution in [-0.4, -0.2) is 6.71 Å². The minimum atomic E-state index is -0.00169. The van der Waals surface area contributed by atoms with Gasteiger partial charge in [-0.3, -0.25) is 0 Å². The Kier molecular flexibility index (Phi) is 9.54. The van der Waals surface area contributed by atoms with Gasteiger partial charge < -0.3 is 9.80 Å². The van der Waals surface area contributed by atoms with Gasteiger partial charge in [0.25, 0.3) is 6.71 Å². The zero-order valence-electron chi connectivity index (χ0n) is 40.9. The molecule has 0 amide bonds. The van der Waals surface area contributed by atoms with Crippen molar-refractivity contribution in [2.24, 2.45) is 0 Å². The Hall–Kier alpha value is -5.96. The zero-order chi connectivity index (χ0) is 47.4. The van der Waals surface area contributed by atoms with E-state index >= 15 is 0 Å². The van der Waals surface area contributed by atoms with Gasteiger partial charge in [0.05, 0.1) is 21.4 Å². The molecule has 2 aliphatic rings. The van der Waals surface area contributed by atoms with Gasteiger partial charge in [-0.15, -0.1) is 45.3 Å². The van der Waals surface area contributed by atoms with E-state index in [-0.39, 0.29) is 17.5 Å². The first-order chi connectivity index (χ1) is 33.1. The van der Waals surface area contributed by atoms with Gasteiger partial charge in [-0.05, 0) is 194 Å². The fourth-order valence-electron chi connectivity index (χ4n) is 11.5. The SMILES string of the molecule is Cc1cc(-c2cc3ccccc3s2)cc(C)c1N1c2cccc3c2B(c2c1sc1ccc(C(C)(C)C)cc21)c1c(sc2ccc(C(C)(C)C)cc12)N3c1c(C)cc(-c2cc3ccccc3s2)cc1C. The highest BCUT2D eigenvalue weighted by atomic mass is 32.1. The molecule has 7 aromatic carbocycles. The Morgan fingerprint density at radius 2 is 0.797 bits per heavy atom. The van der Waals surface area contributed by atoms with Gasteiger partial charge in [0.15, 0.2) is 0 Å². The van der Waals surface area contributed by atoms with E-state index in [1.807, 2.05) is 45.3 Å². The molecule has 0 fully saturated rings. The van der Waals surface area contributed by atoms with Crippen molar-refractivity contribution in [2.75, 3.05) is 9.80 Å². The molecule has 0 saturated heterocycles. The smallest absolute Gasteiger partial charge is 0.256 e. The Labute approximate surface area is 422 Å². The molecule has 0 spiro atoms. The van der Waals surface area contributed by atoms with Gasteiger partial charge in [0.1, 0.15) is 0 Å². The van der Waals surface area contributed by atoms with Gasteiger partial charge in [-0.1, -0.05) is 108 Å². The molecule has 0 radical (unpaired) electrons. The zero-order valence-corrected chi connectivity index (χ0v) is 44.1. The number of rotatable bonds is 4. The molecule has 0 saturated carbocycles. The van der Waals surface area contributed by atoms with E-state index in [2.05, 4.69) is 219 Å². The highest BCUT2D eigenvalue weighted by Gasteiger charge is 2.48. The number of nitrogens with zero attached hydrogens (tertiary/aromatic N) is 2. The van der Waals surface area contributed by atoms with Crippen LogP contribution in [0.4, 0.5) is 32.8 Å². The summed E-state index contributed by atoms with van der Waals surface area (Å²) in [6, 6.07) is 53.9. The predicted molar refractivity (Wildman–Crippen MR) is 309 cm³/mol. The summed E-state index contributed by atoms with van der Waals surface area (Å²) in [7, 11) is 0. The minimum absolute atomic E-state index is 0.00169. The average Bonchev–Trinajstić information content (AvgIpc) is 4.11. The number of hydrogen-bond acceptors (Lipinski definition) is 6. The van der Waals surface area contributed by atoms with E-state index in [0.717, 1.165) is 0 Å². The second-order valence-corrected chi connectivity index (χ2v) is 25.8. The second-order valence-electron chi connectivity index (χ2n) is 21.6. The summed E-state index contributed by atoms with van der Waals surface area (Å²) >= 11 is 7.71. The number of aryl methyl sites for hydroxylation is 4. The molecule has 69 heavy (non-hydrogen) atoms. The van der Waals surface area contributed by atoms with E-state index in [0.29, 0.717) is 0 Å². The number of fused-ring (bicyclic) bond motifs is 10. The van der Waals surface area contributed by atoms with Crippen molar-refractivity contribution in [3.63, 3.8) is 0 Å². The molecule has 13 rings (SSSR count). The fraction of sp³-hybridized carbons (Fsp3) is 0.194. The lowest BCUT2D eigenvalue weighted by Crippen LogP contribution is -2.60.